The number of anilines is 2. The number of aliphatic hydroxyl groups is 1. The molecule has 2 atom stereocenters. The van der Waals surface area contributed by atoms with Crippen LogP contribution in [0.15, 0.2) is 6.33 Å². The summed E-state index contributed by atoms with van der Waals surface area (Å²) in [6.07, 6.45) is 3.67. The van der Waals surface area contributed by atoms with Crippen LogP contribution in [0.25, 0.3) is 0 Å². The van der Waals surface area contributed by atoms with Gasteiger partial charge in [0.25, 0.3) is 0 Å². The highest BCUT2D eigenvalue weighted by Crippen LogP contribution is 2.27. The van der Waals surface area contributed by atoms with Gasteiger partial charge in [0.2, 0.25) is 0 Å². The Bertz CT molecular complexity index is 456. The van der Waals surface area contributed by atoms with Gasteiger partial charge < -0.3 is 20.6 Å². The van der Waals surface area contributed by atoms with Crippen molar-refractivity contribution >= 4 is 11.6 Å². The van der Waals surface area contributed by atoms with Crippen LogP contribution in [0.5, 0.6) is 0 Å². The van der Waals surface area contributed by atoms with Gasteiger partial charge >= 0.3 is 0 Å². The fourth-order valence-corrected chi connectivity index (χ4v) is 2.42. The van der Waals surface area contributed by atoms with Gasteiger partial charge in [-0.2, -0.15) is 0 Å². The Balaban J connectivity index is 2.12. The van der Waals surface area contributed by atoms with Crippen molar-refractivity contribution in [3.05, 3.63) is 11.9 Å². The Morgan fingerprint density at radius 3 is 2.85 bits per heavy atom. The Morgan fingerprint density at radius 2 is 2.25 bits per heavy atom. The summed E-state index contributed by atoms with van der Waals surface area (Å²) in [6.45, 7) is 4.94. The summed E-state index contributed by atoms with van der Waals surface area (Å²) >= 11 is 0. The quantitative estimate of drug-likeness (QED) is 0.448. The number of hydrogen-bond acceptors (Lipinski definition) is 7. The molecule has 0 bridgehead atoms. The number of hydrazine groups is 1. The van der Waals surface area contributed by atoms with Crippen LogP contribution in [0.3, 0.4) is 0 Å². The first kappa shape index (κ1) is 15.0. The van der Waals surface area contributed by atoms with E-state index in [2.05, 4.69) is 27.6 Å². The van der Waals surface area contributed by atoms with Crippen molar-refractivity contribution in [2.24, 2.45) is 5.84 Å². The van der Waals surface area contributed by atoms with Gasteiger partial charge in [-0.3, -0.25) is 0 Å². The van der Waals surface area contributed by atoms with Crippen LogP contribution < -0.4 is 16.6 Å². The lowest BCUT2D eigenvalue weighted by Crippen LogP contribution is -2.43. The molecule has 2 heterocycles. The molecule has 1 aliphatic rings. The van der Waals surface area contributed by atoms with E-state index < -0.39 is 5.60 Å². The average Bonchev–Trinajstić information content (AvgIpc) is 2.78. The van der Waals surface area contributed by atoms with Crippen LogP contribution >= 0.6 is 0 Å². The molecule has 0 saturated carbocycles. The maximum atomic E-state index is 10.5. The minimum absolute atomic E-state index is 0.182. The molecule has 7 nitrogen and oxygen atoms in total. The molecular formula is C13H23N5O2. The molecule has 2 rings (SSSR count). The van der Waals surface area contributed by atoms with Gasteiger partial charge in [-0.15, -0.1) is 0 Å². The smallest absolute Gasteiger partial charge is 0.148 e. The minimum atomic E-state index is -0.856. The molecule has 112 valence electrons. The molecule has 1 aromatic heterocycles. The first-order chi connectivity index (χ1) is 9.60. The molecular weight excluding hydrogens is 258 g/mol. The molecule has 0 radical (unpaired) electrons. The number of rotatable bonds is 6. The van der Waals surface area contributed by atoms with Crippen LogP contribution in [0.4, 0.5) is 11.6 Å². The van der Waals surface area contributed by atoms with Crippen molar-refractivity contribution < 1.29 is 9.84 Å². The number of aromatic nitrogens is 2. The van der Waals surface area contributed by atoms with Gasteiger partial charge in [-0.05, 0) is 13.3 Å². The maximum Gasteiger partial charge on any atom is 0.148 e. The third-order valence-corrected chi connectivity index (χ3v) is 3.80. The molecule has 7 heteroatoms. The predicted octanol–water partition coefficient (Wildman–Crippen LogP) is 0.666. The molecule has 20 heavy (non-hydrogen) atoms. The average molecular weight is 281 g/mol. The van der Waals surface area contributed by atoms with E-state index in [1.807, 2.05) is 6.92 Å². The number of nitrogens with two attached hydrogens (primary N) is 1. The Kier molecular flexibility index (Phi) is 4.74. The molecule has 1 aliphatic heterocycles. The number of nitrogens with zero attached hydrogens (tertiary/aromatic N) is 2. The highest BCUT2D eigenvalue weighted by molar-refractivity contribution is 5.57. The van der Waals surface area contributed by atoms with Crippen molar-refractivity contribution in [1.82, 2.24) is 9.97 Å². The highest BCUT2D eigenvalue weighted by atomic mass is 16.5. The molecule has 1 saturated heterocycles. The number of ether oxygens (including phenoxy) is 1. The fraction of sp³-hybridized carbons (Fsp3) is 0.692. The van der Waals surface area contributed by atoms with E-state index in [9.17, 15) is 5.11 Å². The van der Waals surface area contributed by atoms with E-state index in [1.54, 1.807) is 0 Å². The van der Waals surface area contributed by atoms with Crippen molar-refractivity contribution in [3.63, 3.8) is 0 Å². The normalized spacial score (nSPS) is 25.7. The molecule has 0 spiro atoms. The van der Waals surface area contributed by atoms with E-state index in [0.29, 0.717) is 31.2 Å². The summed E-state index contributed by atoms with van der Waals surface area (Å²) in [5.41, 5.74) is 2.67. The topological polar surface area (TPSA) is 105 Å². The SMILES string of the molecule is CCCc1c(NN)ncnc1NCC1(O)CCOC1C. The minimum Gasteiger partial charge on any atom is -0.385 e. The first-order valence-electron chi connectivity index (χ1n) is 6.99. The maximum absolute atomic E-state index is 10.5. The lowest BCUT2D eigenvalue weighted by molar-refractivity contribution is -0.0176. The highest BCUT2D eigenvalue weighted by Gasteiger charge is 2.39. The Hall–Kier alpha value is -1.44. The molecule has 5 N–H and O–H groups in total. The summed E-state index contributed by atoms with van der Waals surface area (Å²) in [7, 11) is 0. The van der Waals surface area contributed by atoms with Crippen molar-refractivity contribution in [3.8, 4) is 0 Å². The van der Waals surface area contributed by atoms with Crippen molar-refractivity contribution in [1.29, 1.82) is 0 Å². The van der Waals surface area contributed by atoms with Gasteiger partial charge in [0.1, 0.15) is 23.6 Å². The van der Waals surface area contributed by atoms with Gasteiger partial charge in [0.05, 0.1) is 6.10 Å². The van der Waals surface area contributed by atoms with Crippen LogP contribution in [0.1, 0.15) is 32.3 Å². The predicted molar refractivity (Wildman–Crippen MR) is 77.3 cm³/mol. The van der Waals surface area contributed by atoms with Crippen molar-refractivity contribution in [2.75, 3.05) is 23.9 Å². The van der Waals surface area contributed by atoms with Crippen LogP contribution in [0, 0.1) is 0 Å². The van der Waals surface area contributed by atoms with Gasteiger partial charge in [-0.1, -0.05) is 13.3 Å². The lowest BCUT2D eigenvalue weighted by atomic mass is 9.96. The fourth-order valence-electron chi connectivity index (χ4n) is 2.42. The molecule has 1 fully saturated rings. The van der Waals surface area contributed by atoms with E-state index in [-0.39, 0.29) is 6.10 Å². The zero-order valence-corrected chi connectivity index (χ0v) is 12.0. The Morgan fingerprint density at radius 1 is 1.50 bits per heavy atom. The van der Waals surface area contributed by atoms with Gasteiger partial charge in [0, 0.05) is 25.1 Å². The number of nitrogens with one attached hydrogen (secondary N) is 2. The lowest BCUT2D eigenvalue weighted by Gasteiger charge is -2.27. The zero-order chi connectivity index (χ0) is 14.6. The number of nitrogen functional groups attached to an aromatic ring is 1. The zero-order valence-electron chi connectivity index (χ0n) is 12.0. The van der Waals surface area contributed by atoms with Crippen molar-refractivity contribution in [2.45, 2.75) is 44.8 Å². The largest absolute Gasteiger partial charge is 0.385 e. The summed E-state index contributed by atoms with van der Waals surface area (Å²) < 4.78 is 5.42. The second-order valence-corrected chi connectivity index (χ2v) is 5.16. The monoisotopic (exact) mass is 281 g/mol. The number of hydrogen-bond donors (Lipinski definition) is 4. The second kappa shape index (κ2) is 6.34. The van der Waals surface area contributed by atoms with Gasteiger partial charge in [0.15, 0.2) is 0 Å². The molecule has 0 aliphatic carbocycles. The van der Waals surface area contributed by atoms with Crippen LogP contribution in [0.2, 0.25) is 0 Å². The van der Waals surface area contributed by atoms with E-state index in [4.69, 9.17) is 10.6 Å². The summed E-state index contributed by atoms with van der Waals surface area (Å²) in [6, 6.07) is 0. The van der Waals surface area contributed by atoms with Gasteiger partial charge in [-0.25, -0.2) is 15.8 Å². The molecule has 2 unspecified atom stereocenters. The van der Waals surface area contributed by atoms with E-state index in [0.717, 1.165) is 18.4 Å². The summed E-state index contributed by atoms with van der Waals surface area (Å²) in [4.78, 5) is 8.37. The third kappa shape index (κ3) is 3.00. The van der Waals surface area contributed by atoms with E-state index in [1.165, 1.54) is 6.33 Å². The van der Waals surface area contributed by atoms with E-state index >= 15 is 0 Å². The third-order valence-electron chi connectivity index (χ3n) is 3.80. The molecule has 1 aromatic rings. The summed E-state index contributed by atoms with van der Waals surface area (Å²) in [5.74, 6) is 6.81. The second-order valence-electron chi connectivity index (χ2n) is 5.16. The van der Waals surface area contributed by atoms with Crippen LogP contribution in [-0.2, 0) is 11.2 Å². The molecule has 0 aromatic carbocycles. The Labute approximate surface area is 118 Å². The first-order valence-corrected chi connectivity index (χ1v) is 6.99. The summed E-state index contributed by atoms with van der Waals surface area (Å²) in [5, 5.41) is 13.7. The standard InChI is InChI=1S/C13H23N5O2/c1-3-4-10-11(16-8-17-12(10)18-14)15-7-13(19)5-6-20-9(13)2/h8-9,19H,3-7,14H2,1-2H3,(H2,15,16,17,18). The van der Waals surface area contributed by atoms with Crippen LogP contribution in [-0.4, -0.2) is 39.9 Å². The molecule has 0 amide bonds.